The second kappa shape index (κ2) is 5.89. The van der Waals surface area contributed by atoms with Gasteiger partial charge in [-0.3, -0.25) is 4.79 Å². The summed E-state index contributed by atoms with van der Waals surface area (Å²) in [5.41, 5.74) is 2.15. The molecule has 0 aliphatic rings. The van der Waals surface area contributed by atoms with Crippen LogP contribution in [0.4, 0.5) is 5.69 Å². The number of benzene rings is 1. The molecule has 0 aliphatic carbocycles. The number of anilines is 1. The predicted octanol–water partition coefficient (Wildman–Crippen LogP) is 3.71. The highest BCUT2D eigenvalue weighted by Gasteiger charge is 2.21. The van der Waals surface area contributed by atoms with Crippen molar-refractivity contribution >= 4 is 23.0 Å². The van der Waals surface area contributed by atoms with E-state index < -0.39 is 5.97 Å². The average molecular weight is 275 g/mol. The summed E-state index contributed by atoms with van der Waals surface area (Å²) in [7, 11) is 0. The van der Waals surface area contributed by atoms with Gasteiger partial charge in [-0.2, -0.15) is 0 Å². The van der Waals surface area contributed by atoms with Crippen molar-refractivity contribution in [3.63, 3.8) is 0 Å². The van der Waals surface area contributed by atoms with Crippen molar-refractivity contribution in [1.29, 1.82) is 0 Å². The average Bonchev–Trinajstić information content (AvgIpc) is 2.82. The number of carbonyl (C=O) groups is 1. The Morgan fingerprint density at radius 3 is 2.53 bits per heavy atom. The molecule has 1 heterocycles. The second-order valence-corrected chi connectivity index (χ2v) is 5.45. The Balaban J connectivity index is 2.33. The molecular weight excluding hydrogens is 258 g/mol. The van der Waals surface area contributed by atoms with Gasteiger partial charge in [0.05, 0.1) is 6.04 Å². The van der Waals surface area contributed by atoms with Crippen LogP contribution in [-0.4, -0.2) is 17.6 Å². The van der Waals surface area contributed by atoms with Crippen LogP contribution in [0.15, 0.2) is 41.8 Å². The van der Waals surface area contributed by atoms with Crippen LogP contribution >= 0.6 is 11.3 Å². The molecule has 1 N–H and O–H groups in total. The van der Waals surface area contributed by atoms with Crippen molar-refractivity contribution in [3.05, 3.63) is 52.2 Å². The summed E-state index contributed by atoms with van der Waals surface area (Å²) >= 11 is 1.67. The topological polar surface area (TPSA) is 40.5 Å². The first-order valence-electron chi connectivity index (χ1n) is 6.17. The van der Waals surface area contributed by atoms with E-state index in [9.17, 15) is 4.79 Å². The molecule has 0 saturated carbocycles. The third kappa shape index (κ3) is 3.15. The lowest BCUT2D eigenvalue weighted by Crippen LogP contribution is -2.32. The van der Waals surface area contributed by atoms with Gasteiger partial charge in [0.1, 0.15) is 6.54 Å². The number of hydrogen-bond acceptors (Lipinski definition) is 3. The third-order valence-corrected chi connectivity index (χ3v) is 4.33. The first-order chi connectivity index (χ1) is 9.09. The fraction of sp³-hybridized carbons (Fsp3) is 0.267. The maximum Gasteiger partial charge on any atom is 0.323 e. The molecule has 0 fully saturated rings. The van der Waals surface area contributed by atoms with E-state index in [4.69, 9.17) is 5.11 Å². The number of aliphatic carboxylic acids is 1. The molecule has 0 spiro atoms. The van der Waals surface area contributed by atoms with Gasteiger partial charge in [-0.15, -0.1) is 11.3 Å². The quantitative estimate of drug-likeness (QED) is 0.904. The summed E-state index contributed by atoms with van der Waals surface area (Å²) in [4.78, 5) is 14.2. The molecule has 0 amide bonds. The molecule has 2 aromatic rings. The first kappa shape index (κ1) is 13.6. The molecule has 1 aromatic heterocycles. The molecule has 2 rings (SSSR count). The number of thiophene rings is 1. The highest BCUT2D eigenvalue weighted by molar-refractivity contribution is 7.10. The Bertz CT molecular complexity index is 550. The summed E-state index contributed by atoms with van der Waals surface area (Å²) in [6.07, 6.45) is 0. The lowest BCUT2D eigenvalue weighted by Gasteiger charge is -2.29. The van der Waals surface area contributed by atoms with E-state index in [1.807, 2.05) is 40.6 Å². The number of carboxylic acid groups (broad SMARTS) is 1. The van der Waals surface area contributed by atoms with Crippen molar-refractivity contribution in [1.82, 2.24) is 0 Å². The number of para-hydroxylation sites is 1. The van der Waals surface area contributed by atoms with E-state index in [0.717, 1.165) is 5.69 Å². The van der Waals surface area contributed by atoms with Crippen LogP contribution in [0.5, 0.6) is 0 Å². The molecule has 0 bridgehead atoms. The van der Waals surface area contributed by atoms with Gasteiger partial charge in [0.2, 0.25) is 0 Å². The Morgan fingerprint density at radius 1 is 1.32 bits per heavy atom. The second-order valence-electron chi connectivity index (χ2n) is 4.50. The number of hydrogen-bond donors (Lipinski definition) is 1. The fourth-order valence-electron chi connectivity index (χ4n) is 2.17. The zero-order valence-corrected chi connectivity index (χ0v) is 11.9. The minimum absolute atomic E-state index is 0.00250. The van der Waals surface area contributed by atoms with Gasteiger partial charge in [0, 0.05) is 10.6 Å². The first-order valence-corrected chi connectivity index (χ1v) is 7.05. The van der Waals surface area contributed by atoms with E-state index in [1.54, 1.807) is 11.3 Å². The zero-order chi connectivity index (χ0) is 13.8. The Hall–Kier alpha value is -1.81. The van der Waals surface area contributed by atoms with E-state index in [-0.39, 0.29) is 12.6 Å². The fourth-order valence-corrected chi connectivity index (χ4v) is 3.17. The lowest BCUT2D eigenvalue weighted by molar-refractivity contribution is -0.135. The highest BCUT2D eigenvalue weighted by atomic mass is 32.1. The molecular formula is C15H17NO2S. The van der Waals surface area contributed by atoms with Crippen molar-refractivity contribution in [3.8, 4) is 0 Å². The van der Waals surface area contributed by atoms with Crippen LogP contribution in [0.1, 0.15) is 23.4 Å². The molecule has 3 nitrogen and oxygen atoms in total. The van der Waals surface area contributed by atoms with Gasteiger partial charge in [0.15, 0.2) is 0 Å². The molecule has 1 unspecified atom stereocenters. The van der Waals surface area contributed by atoms with Gasteiger partial charge >= 0.3 is 5.97 Å². The largest absolute Gasteiger partial charge is 0.480 e. The maximum absolute atomic E-state index is 11.1. The summed E-state index contributed by atoms with van der Waals surface area (Å²) in [5.74, 6) is -0.815. The summed E-state index contributed by atoms with van der Waals surface area (Å²) in [6, 6.07) is 11.8. The molecule has 0 aliphatic heterocycles. The van der Waals surface area contributed by atoms with Crippen molar-refractivity contribution < 1.29 is 9.90 Å². The smallest absolute Gasteiger partial charge is 0.323 e. The Kier molecular flexibility index (Phi) is 4.22. The van der Waals surface area contributed by atoms with Crippen LogP contribution in [-0.2, 0) is 4.79 Å². The van der Waals surface area contributed by atoms with Gasteiger partial charge in [-0.25, -0.2) is 0 Å². The number of rotatable bonds is 5. The standard InChI is InChI=1S/C15H17NO2S/c1-11-8-9-19-15(11)12(2)16(10-14(17)18)13-6-4-3-5-7-13/h3-9,12H,10H2,1-2H3,(H,17,18). The van der Waals surface area contributed by atoms with E-state index in [0.29, 0.717) is 0 Å². The number of nitrogens with zero attached hydrogens (tertiary/aromatic N) is 1. The number of aryl methyl sites for hydroxylation is 1. The van der Waals surface area contributed by atoms with E-state index >= 15 is 0 Å². The highest BCUT2D eigenvalue weighted by Crippen LogP contribution is 2.31. The third-order valence-electron chi connectivity index (χ3n) is 3.14. The SMILES string of the molecule is Cc1ccsc1C(C)N(CC(=O)O)c1ccccc1. The molecule has 0 saturated heterocycles. The van der Waals surface area contributed by atoms with Gasteiger partial charge in [-0.05, 0) is 43.0 Å². The number of carboxylic acids is 1. The Morgan fingerprint density at radius 2 is 2.00 bits per heavy atom. The van der Waals surface area contributed by atoms with Gasteiger partial charge < -0.3 is 10.0 Å². The Labute approximate surface area is 117 Å². The minimum atomic E-state index is -0.815. The normalized spacial score (nSPS) is 12.1. The summed E-state index contributed by atoms with van der Waals surface area (Å²) in [6.45, 7) is 4.11. The monoisotopic (exact) mass is 275 g/mol. The minimum Gasteiger partial charge on any atom is -0.480 e. The molecule has 1 aromatic carbocycles. The molecule has 100 valence electrons. The van der Waals surface area contributed by atoms with Crippen molar-refractivity contribution in [2.75, 3.05) is 11.4 Å². The van der Waals surface area contributed by atoms with Gasteiger partial charge in [-0.1, -0.05) is 18.2 Å². The summed E-state index contributed by atoms with van der Waals surface area (Å²) < 4.78 is 0. The predicted molar refractivity (Wildman–Crippen MR) is 78.9 cm³/mol. The van der Waals surface area contributed by atoms with Crippen LogP contribution < -0.4 is 4.90 Å². The van der Waals surface area contributed by atoms with Crippen LogP contribution in [0.25, 0.3) is 0 Å². The maximum atomic E-state index is 11.1. The van der Waals surface area contributed by atoms with Crippen molar-refractivity contribution in [2.24, 2.45) is 0 Å². The molecule has 0 radical (unpaired) electrons. The lowest BCUT2D eigenvalue weighted by atomic mass is 10.1. The zero-order valence-electron chi connectivity index (χ0n) is 11.0. The van der Waals surface area contributed by atoms with E-state index in [1.165, 1.54) is 10.4 Å². The molecule has 1 atom stereocenters. The van der Waals surface area contributed by atoms with Crippen LogP contribution in [0.2, 0.25) is 0 Å². The molecule has 4 heteroatoms. The van der Waals surface area contributed by atoms with Crippen LogP contribution in [0.3, 0.4) is 0 Å². The molecule has 19 heavy (non-hydrogen) atoms. The van der Waals surface area contributed by atoms with Crippen molar-refractivity contribution in [2.45, 2.75) is 19.9 Å². The van der Waals surface area contributed by atoms with Gasteiger partial charge in [0.25, 0.3) is 0 Å². The van der Waals surface area contributed by atoms with Crippen LogP contribution in [0, 0.1) is 6.92 Å². The summed E-state index contributed by atoms with van der Waals surface area (Å²) in [5, 5.41) is 11.2. The van der Waals surface area contributed by atoms with E-state index in [2.05, 4.69) is 19.9 Å².